The summed E-state index contributed by atoms with van der Waals surface area (Å²) in [7, 11) is 0. The van der Waals surface area contributed by atoms with Crippen LogP contribution in [-0.2, 0) is 4.79 Å². The zero-order chi connectivity index (χ0) is 17.5. The molecule has 8 heteroatoms. The minimum atomic E-state index is -0.364. The van der Waals surface area contributed by atoms with Crippen molar-refractivity contribution in [1.82, 2.24) is 15.8 Å². The number of benzene rings is 1. The first-order valence-electron chi connectivity index (χ1n) is 7.35. The number of aryl methyl sites for hydroxylation is 2. The van der Waals surface area contributed by atoms with E-state index < -0.39 is 0 Å². The van der Waals surface area contributed by atoms with Crippen molar-refractivity contribution in [2.75, 3.05) is 6.61 Å². The van der Waals surface area contributed by atoms with Crippen LogP contribution in [0.15, 0.2) is 23.7 Å². The van der Waals surface area contributed by atoms with Crippen LogP contribution in [-0.4, -0.2) is 23.4 Å². The summed E-state index contributed by atoms with van der Waals surface area (Å²) in [6, 6.07) is 5.38. The molecular formula is C16H18ClN3O3S. The second-order valence-electron chi connectivity index (χ2n) is 5.13. The molecule has 2 N–H and O–H groups in total. The molecule has 2 rings (SSSR count). The van der Waals surface area contributed by atoms with Crippen LogP contribution in [0.4, 0.5) is 0 Å². The third-order valence-electron chi connectivity index (χ3n) is 3.21. The number of thiazole rings is 1. The van der Waals surface area contributed by atoms with Gasteiger partial charge in [-0.25, -0.2) is 4.98 Å². The Morgan fingerprint density at radius 1 is 1.29 bits per heavy atom. The van der Waals surface area contributed by atoms with Gasteiger partial charge in [0.25, 0.3) is 5.91 Å². The van der Waals surface area contributed by atoms with Crippen molar-refractivity contribution in [1.29, 1.82) is 0 Å². The van der Waals surface area contributed by atoms with Crippen molar-refractivity contribution < 1.29 is 14.3 Å². The number of ether oxygens (including phenoxy) is 1. The van der Waals surface area contributed by atoms with Gasteiger partial charge in [0.2, 0.25) is 5.91 Å². The van der Waals surface area contributed by atoms with E-state index in [2.05, 4.69) is 15.8 Å². The molecule has 0 aliphatic rings. The second-order valence-corrected chi connectivity index (χ2v) is 6.42. The van der Waals surface area contributed by atoms with Gasteiger partial charge in [0.1, 0.15) is 10.6 Å². The fourth-order valence-corrected chi connectivity index (χ4v) is 2.88. The predicted octanol–water partition coefficient (Wildman–Crippen LogP) is 3.03. The number of amides is 2. The number of carbonyl (C=O) groups excluding carboxylic acids is 2. The van der Waals surface area contributed by atoms with Crippen molar-refractivity contribution >= 4 is 34.8 Å². The van der Waals surface area contributed by atoms with E-state index in [0.29, 0.717) is 28.6 Å². The Balaban J connectivity index is 1.66. The second kappa shape index (κ2) is 8.65. The molecule has 1 heterocycles. The molecule has 0 aliphatic heterocycles. The Kier molecular flexibility index (Phi) is 6.57. The number of hydrogen-bond donors (Lipinski definition) is 2. The molecule has 0 radical (unpaired) electrons. The first kappa shape index (κ1) is 18.2. The van der Waals surface area contributed by atoms with Gasteiger partial charge in [-0.2, -0.15) is 0 Å². The van der Waals surface area contributed by atoms with E-state index in [1.54, 1.807) is 24.6 Å². The maximum Gasteiger partial charge on any atom is 0.281 e. The molecule has 6 nitrogen and oxygen atoms in total. The van der Waals surface area contributed by atoms with Gasteiger partial charge in [0.05, 0.1) is 17.8 Å². The summed E-state index contributed by atoms with van der Waals surface area (Å²) in [6.45, 7) is 4.05. The summed E-state index contributed by atoms with van der Waals surface area (Å²) < 4.78 is 5.61. The molecule has 0 spiro atoms. The lowest BCUT2D eigenvalue weighted by molar-refractivity contribution is -0.122. The highest BCUT2D eigenvalue weighted by Crippen LogP contribution is 2.21. The summed E-state index contributed by atoms with van der Waals surface area (Å²) in [4.78, 5) is 28.0. The monoisotopic (exact) mass is 367 g/mol. The Labute approximate surface area is 149 Å². The normalized spacial score (nSPS) is 10.3. The highest BCUT2D eigenvalue weighted by atomic mass is 35.5. The lowest BCUT2D eigenvalue weighted by Crippen LogP contribution is -2.41. The number of aromatic nitrogens is 1. The maximum absolute atomic E-state index is 11.8. The molecule has 1 aromatic heterocycles. The Morgan fingerprint density at radius 2 is 2.08 bits per heavy atom. The summed E-state index contributed by atoms with van der Waals surface area (Å²) in [5.41, 5.74) is 7.93. The standard InChI is InChI=1S/C16H18ClN3O3S/c1-10-8-12(17)5-6-13(10)23-7-3-4-14(21)19-20-16(22)15-11(2)18-9-24-15/h5-6,8-9H,3-4,7H2,1-2H3,(H,19,21)(H,20,22). The molecule has 0 unspecified atom stereocenters. The van der Waals surface area contributed by atoms with E-state index >= 15 is 0 Å². The minimum Gasteiger partial charge on any atom is -0.493 e. The molecule has 2 amide bonds. The van der Waals surface area contributed by atoms with Gasteiger partial charge in [-0.3, -0.25) is 20.4 Å². The molecule has 0 fully saturated rings. The first-order valence-corrected chi connectivity index (χ1v) is 8.61. The van der Waals surface area contributed by atoms with Gasteiger partial charge in [-0.15, -0.1) is 11.3 Å². The van der Waals surface area contributed by atoms with Gasteiger partial charge >= 0.3 is 0 Å². The molecule has 24 heavy (non-hydrogen) atoms. The van der Waals surface area contributed by atoms with Crippen LogP contribution in [0.25, 0.3) is 0 Å². The number of halogens is 1. The Morgan fingerprint density at radius 3 is 2.75 bits per heavy atom. The van der Waals surface area contributed by atoms with E-state index in [4.69, 9.17) is 16.3 Å². The van der Waals surface area contributed by atoms with Crippen LogP contribution in [0.5, 0.6) is 5.75 Å². The Hall–Kier alpha value is -2.12. The summed E-state index contributed by atoms with van der Waals surface area (Å²) in [5.74, 6) is 0.104. The fraction of sp³-hybridized carbons (Fsp3) is 0.312. The van der Waals surface area contributed by atoms with Crippen LogP contribution in [0.3, 0.4) is 0 Å². The average molecular weight is 368 g/mol. The molecule has 0 saturated carbocycles. The summed E-state index contributed by atoms with van der Waals surface area (Å²) >= 11 is 7.11. The maximum atomic E-state index is 11.8. The van der Waals surface area contributed by atoms with Gasteiger partial charge in [0.15, 0.2) is 0 Å². The SMILES string of the molecule is Cc1cc(Cl)ccc1OCCCC(=O)NNC(=O)c1scnc1C. The molecular weight excluding hydrogens is 350 g/mol. The van der Waals surface area contributed by atoms with Crippen LogP contribution >= 0.6 is 22.9 Å². The Bertz CT molecular complexity index is 733. The van der Waals surface area contributed by atoms with Crippen molar-refractivity contribution in [3.8, 4) is 5.75 Å². The number of nitrogens with zero attached hydrogens (tertiary/aromatic N) is 1. The largest absolute Gasteiger partial charge is 0.493 e. The average Bonchev–Trinajstić information content (AvgIpc) is 2.97. The summed E-state index contributed by atoms with van der Waals surface area (Å²) in [6.07, 6.45) is 0.776. The number of rotatable bonds is 6. The van der Waals surface area contributed by atoms with Crippen LogP contribution < -0.4 is 15.6 Å². The zero-order valence-electron chi connectivity index (χ0n) is 13.4. The number of hydrazine groups is 1. The lowest BCUT2D eigenvalue weighted by Gasteiger charge is -2.10. The van der Waals surface area contributed by atoms with E-state index in [0.717, 1.165) is 11.3 Å². The molecule has 0 bridgehead atoms. The minimum absolute atomic E-state index is 0.245. The van der Waals surface area contributed by atoms with Gasteiger partial charge < -0.3 is 4.74 Å². The highest BCUT2D eigenvalue weighted by Gasteiger charge is 2.12. The topological polar surface area (TPSA) is 80.3 Å². The van der Waals surface area contributed by atoms with Crippen LogP contribution in [0.2, 0.25) is 5.02 Å². The molecule has 0 aliphatic carbocycles. The molecule has 1 aromatic carbocycles. The number of hydrogen-bond acceptors (Lipinski definition) is 5. The predicted molar refractivity (Wildman–Crippen MR) is 93.4 cm³/mol. The van der Waals surface area contributed by atoms with E-state index in [9.17, 15) is 9.59 Å². The van der Waals surface area contributed by atoms with Crippen molar-refractivity contribution in [2.45, 2.75) is 26.7 Å². The van der Waals surface area contributed by atoms with Gasteiger partial charge in [-0.05, 0) is 44.0 Å². The molecule has 2 aromatic rings. The lowest BCUT2D eigenvalue weighted by atomic mass is 10.2. The third-order valence-corrected chi connectivity index (χ3v) is 4.37. The highest BCUT2D eigenvalue weighted by molar-refractivity contribution is 7.11. The zero-order valence-corrected chi connectivity index (χ0v) is 15.0. The van der Waals surface area contributed by atoms with E-state index in [1.165, 1.54) is 11.3 Å². The van der Waals surface area contributed by atoms with E-state index in [-0.39, 0.29) is 18.2 Å². The van der Waals surface area contributed by atoms with Crippen LogP contribution in [0, 0.1) is 13.8 Å². The smallest absolute Gasteiger partial charge is 0.281 e. The fourth-order valence-electron chi connectivity index (χ4n) is 1.96. The number of nitrogens with one attached hydrogen (secondary N) is 2. The quantitative estimate of drug-likeness (QED) is 0.607. The first-order chi connectivity index (χ1) is 11.5. The third kappa shape index (κ3) is 5.21. The molecule has 0 saturated heterocycles. The summed E-state index contributed by atoms with van der Waals surface area (Å²) in [5, 5.41) is 0.658. The molecule has 128 valence electrons. The van der Waals surface area contributed by atoms with Crippen molar-refractivity contribution in [3.63, 3.8) is 0 Å². The van der Waals surface area contributed by atoms with Gasteiger partial charge in [0, 0.05) is 11.4 Å². The van der Waals surface area contributed by atoms with Crippen molar-refractivity contribution in [2.24, 2.45) is 0 Å². The van der Waals surface area contributed by atoms with Crippen LogP contribution in [0.1, 0.15) is 33.8 Å². The number of carbonyl (C=O) groups is 2. The van der Waals surface area contributed by atoms with Gasteiger partial charge in [-0.1, -0.05) is 11.6 Å². The van der Waals surface area contributed by atoms with Crippen molar-refractivity contribution in [3.05, 3.63) is 44.9 Å². The molecule has 0 atom stereocenters. The van der Waals surface area contributed by atoms with E-state index in [1.807, 2.05) is 13.0 Å².